The van der Waals surface area contributed by atoms with Gasteiger partial charge in [0.1, 0.15) is 0 Å². The third-order valence-electron chi connectivity index (χ3n) is 5.03. The highest BCUT2D eigenvalue weighted by Crippen LogP contribution is 2.24. The van der Waals surface area contributed by atoms with E-state index in [4.69, 9.17) is 0 Å². The van der Waals surface area contributed by atoms with Crippen LogP contribution in [-0.4, -0.2) is 10.5 Å². The number of hydrogen-bond acceptors (Lipinski definition) is 2. The Kier molecular flexibility index (Phi) is 4.08. The van der Waals surface area contributed by atoms with Gasteiger partial charge >= 0.3 is 0 Å². The third-order valence-corrected chi connectivity index (χ3v) is 6.10. The van der Waals surface area contributed by atoms with Crippen molar-refractivity contribution in [2.75, 3.05) is 0 Å². The molecule has 1 aliphatic rings. The van der Waals surface area contributed by atoms with E-state index in [1.165, 1.54) is 39.8 Å². The zero-order valence-electron chi connectivity index (χ0n) is 14.9. The molecule has 1 heterocycles. The van der Waals surface area contributed by atoms with Gasteiger partial charge in [-0.2, -0.15) is 4.99 Å². The molecule has 1 aliphatic carbocycles. The van der Waals surface area contributed by atoms with E-state index >= 15 is 0 Å². The van der Waals surface area contributed by atoms with Gasteiger partial charge in [0.05, 0.1) is 10.2 Å². The molecule has 0 N–H and O–H groups in total. The predicted molar refractivity (Wildman–Crippen MR) is 103 cm³/mol. The van der Waals surface area contributed by atoms with Crippen molar-refractivity contribution in [1.29, 1.82) is 0 Å². The second-order valence-corrected chi connectivity index (χ2v) is 7.99. The predicted octanol–water partition coefficient (Wildman–Crippen LogP) is 4.48. The lowest BCUT2D eigenvalue weighted by atomic mass is 9.90. The van der Waals surface area contributed by atoms with Crippen molar-refractivity contribution >= 4 is 27.5 Å². The van der Waals surface area contributed by atoms with Gasteiger partial charge in [0, 0.05) is 12.6 Å². The fourth-order valence-corrected chi connectivity index (χ4v) is 5.00. The highest BCUT2D eigenvalue weighted by molar-refractivity contribution is 7.16. The molecule has 0 spiro atoms. The van der Waals surface area contributed by atoms with Gasteiger partial charge in [0.15, 0.2) is 4.80 Å². The van der Waals surface area contributed by atoms with E-state index in [0.717, 1.165) is 23.2 Å². The number of hydrogen-bond donors (Lipinski definition) is 0. The van der Waals surface area contributed by atoms with E-state index in [1.807, 2.05) is 23.7 Å². The van der Waals surface area contributed by atoms with E-state index in [-0.39, 0.29) is 5.91 Å². The molecular weight excluding hydrogens is 328 g/mol. The van der Waals surface area contributed by atoms with Gasteiger partial charge in [-0.25, -0.2) is 0 Å². The Bertz CT molecular complexity index is 1060. The maximum atomic E-state index is 12.7. The SMILES string of the molecule is Cc1cc(C)c2c(c1)sc(=NC(=O)c1ccc3c(c1)CCCC3)n2C. The van der Waals surface area contributed by atoms with Crippen molar-refractivity contribution in [3.8, 4) is 0 Å². The highest BCUT2D eigenvalue weighted by atomic mass is 32.1. The van der Waals surface area contributed by atoms with E-state index in [1.54, 1.807) is 11.3 Å². The Morgan fingerprint density at radius 1 is 1.08 bits per heavy atom. The summed E-state index contributed by atoms with van der Waals surface area (Å²) in [5, 5.41) is 0. The van der Waals surface area contributed by atoms with Crippen molar-refractivity contribution in [3.63, 3.8) is 0 Å². The summed E-state index contributed by atoms with van der Waals surface area (Å²) in [6, 6.07) is 10.4. The molecular formula is C21H22N2OS. The number of carbonyl (C=O) groups is 1. The van der Waals surface area contributed by atoms with Gasteiger partial charge in [-0.15, -0.1) is 0 Å². The van der Waals surface area contributed by atoms with Gasteiger partial charge in [0.25, 0.3) is 5.91 Å². The second kappa shape index (κ2) is 6.26. The maximum absolute atomic E-state index is 12.7. The van der Waals surface area contributed by atoms with Crippen molar-refractivity contribution in [2.45, 2.75) is 39.5 Å². The van der Waals surface area contributed by atoms with Crippen LogP contribution in [-0.2, 0) is 19.9 Å². The lowest BCUT2D eigenvalue weighted by Gasteiger charge is -2.15. The number of fused-ring (bicyclic) bond motifs is 2. The molecule has 3 nitrogen and oxygen atoms in total. The molecule has 1 amide bonds. The molecule has 0 radical (unpaired) electrons. The van der Waals surface area contributed by atoms with Gasteiger partial charge in [-0.3, -0.25) is 4.79 Å². The van der Waals surface area contributed by atoms with Crippen molar-refractivity contribution in [2.24, 2.45) is 12.0 Å². The summed E-state index contributed by atoms with van der Waals surface area (Å²) in [7, 11) is 1.99. The highest BCUT2D eigenvalue weighted by Gasteiger charge is 2.13. The number of rotatable bonds is 1. The van der Waals surface area contributed by atoms with Crippen LogP contribution in [0.1, 0.15) is 45.5 Å². The van der Waals surface area contributed by atoms with Gasteiger partial charge in [-0.05, 0) is 80.0 Å². The number of thiazole rings is 1. The maximum Gasteiger partial charge on any atom is 0.279 e. The van der Waals surface area contributed by atoms with E-state index in [2.05, 4.69) is 37.0 Å². The van der Waals surface area contributed by atoms with Crippen molar-refractivity contribution in [3.05, 3.63) is 63.0 Å². The third kappa shape index (κ3) is 2.95. The van der Waals surface area contributed by atoms with Crippen molar-refractivity contribution < 1.29 is 4.79 Å². The van der Waals surface area contributed by atoms with Crippen LogP contribution < -0.4 is 4.80 Å². The largest absolute Gasteiger partial charge is 0.319 e. The monoisotopic (exact) mass is 350 g/mol. The first kappa shape index (κ1) is 16.3. The van der Waals surface area contributed by atoms with Crippen LogP contribution in [0.3, 0.4) is 0 Å². The fourth-order valence-electron chi connectivity index (χ4n) is 3.81. The van der Waals surface area contributed by atoms with Gasteiger partial charge < -0.3 is 4.57 Å². The fraction of sp³-hybridized carbons (Fsp3) is 0.333. The van der Waals surface area contributed by atoms with Crippen LogP contribution in [0, 0.1) is 13.8 Å². The Hall–Kier alpha value is -2.20. The molecule has 0 atom stereocenters. The van der Waals surface area contributed by atoms with E-state index in [9.17, 15) is 4.79 Å². The molecule has 4 rings (SSSR count). The molecule has 0 saturated carbocycles. The minimum absolute atomic E-state index is 0.148. The first-order chi connectivity index (χ1) is 12.0. The molecule has 1 aromatic heterocycles. The minimum atomic E-state index is -0.148. The average molecular weight is 350 g/mol. The van der Waals surface area contributed by atoms with Crippen LogP contribution >= 0.6 is 11.3 Å². The molecule has 4 heteroatoms. The smallest absolute Gasteiger partial charge is 0.279 e. The topological polar surface area (TPSA) is 34.4 Å². The number of carbonyl (C=O) groups excluding carboxylic acids is 1. The summed E-state index contributed by atoms with van der Waals surface area (Å²) >= 11 is 1.58. The Morgan fingerprint density at radius 2 is 1.84 bits per heavy atom. The Balaban J connectivity index is 1.78. The molecule has 2 aromatic carbocycles. The molecule has 0 aliphatic heterocycles. The molecule has 0 fully saturated rings. The van der Waals surface area contributed by atoms with Crippen LogP contribution in [0.15, 0.2) is 35.3 Å². The lowest BCUT2D eigenvalue weighted by molar-refractivity contribution is 0.0998. The first-order valence-corrected chi connectivity index (χ1v) is 9.62. The normalized spacial score (nSPS) is 14.8. The Labute approximate surface area is 151 Å². The number of aromatic nitrogens is 1. The van der Waals surface area contributed by atoms with Crippen LogP contribution in [0.25, 0.3) is 10.2 Å². The standard InChI is InChI=1S/C21H22N2OS/c1-13-10-14(2)19-18(11-13)25-21(23(19)3)22-20(24)17-9-8-15-6-4-5-7-16(15)12-17/h8-12H,4-7H2,1-3H3. The van der Waals surface area contributed by atoms with E-state index < -0.39 is 0 Å². The lowest BCUT2D eigenvalue weighted by Crippen LogP contribution is -2.14. The van der Waals surface area contributed by atoms with Crippen molar-refractivity contribution in [1.82, 2.24) is 4.57 Å². The van der Waals surface area contributed by atoms with Gasteiger partial charge in [0.2, 0.25) is 0 Å². The summed E-state index contributed by atoms with van der Waals surface area (Å²) in [5.41, 5.74) is 7.02. The second-order valence-electron chi connectivity index (χ2n) is 6.98. The summed E-state index contributed by atoms with van der Waals surface area (Å²) in [6.45, 7) is 4.21. The number of aryl methyl sites for hydroxylation is 5. The number of benzene rings is 2. The average Bonchev–Trinajstić information content (AvgIpc) is 2.90. The van der Waals surface area contributed by atoms with Gasteiger partial charge in [-0.1, -0.05) is 23.5 Å². The number of nitrogens with zero attached hydrogens (tertiary/aromatic N) is 2. The zero-order chi connectivity index (χ0) is 17.6. The first-order valence-electron chi connectivity index (χ1n) is 8.80. The van der Waals surface area contributed by atoms with Crippen LogP contribution in [0.2, 0.25) is 0 Å². The number of amides is 1. The quantitative estimate of drug-likeness (QED) is 0.637. The van der Waals surface area contributed by atoms with Crippen LogP contribution in [0.5, 0.6) is 0 Å². The molecule has 25 heavy (non-hydrogen) atoms. The summed E-state index contributed by atoms with van der Waals surface area (Å²) in [5.74, 6) is -0.148. The Morgan fingerprint density at radius 3 is 2.64 bits per heavy atom. The molecule has 0 saturated heterocycles. The zero-order valence-corrected chi connectivity index (χ0v) is 15.7. The molecule has 128 valence electrons. The minimum Gasteiger partial charge on any atom is -0.319 e. The summed E-state index contributed by atoms with van der Waals surface area (Å²) in [6.07, 6.45) is 4.67. The molecule has 3 aromatic rings. The molecule has 0 bridgehead atoms. The van der Waals surface area contributed by atoms with E-state index in [0.29, 0.717) is 5.56 Å². The molecule has 0 unspecified atom stereocenters. The van der Waals surface area contributed by atoms with Crippen LogP contribution in [0.4, 0.5) is 0 Å². The summed E-state index contributed by atoms with van der Waals surface area (Å²) < 4.78 is 3.21. The summed E-state index contributed by atoms with van der Waals surface area (Å²) in [4.78, 5) is 17.9.